The molecule has 0 aliphatic rings. The van der Waals surface area contributed by atoms with Crippen LogP contribution < -0.4 is 16.0 Å². The molecule has 7 heteroatoms. The quantitative estimate of drug-likeness (QED) is 0.509. The highest BCUT2D eigenvalue weighted by Crippen LogP contribution is 2.18. The van der Waals surface area contributed by atoms with Crippen LogP contribution in [0, 0.1) is 0 Å². The highest BCUT2D eigenvalue weighted by molar-refractivity contribution is 6.30. The van der Waals surface area contributed by atoms with Crippen molar-refractivity contribution in [3.63, 3.8) is 0 Å². The van der Waals surface area contributed by atoms with E-state index in [2.05, 4.69) is 4.98 Å². The van der Waals surface area contributed by atoms with Crippen LogP contribution in [-0.4, -0.2) is 21.2 Å². The van der Waals surface area contributed by atoms with Crippen LogP contribution in [0.25, 0.3) is 11.0 Å². The van der Waals surface area contributed by atoms with Gasteiger partial charge in [-0.25, -0.2) is 9.78 Å². The van der Waals surface area contributed by atoms with Gasteiger partial charge in [0.05, 0.1) is 25.6 Å². The molecule has 0 aliphatic heterocycles. The third-order valence-corrected chi connectivity index (χ3v) is 5.01. The molecule has 0 spiro atoms. The van der Waals surface area contributed by atoms with Gasteiger partial charge in [0, 0.05) is 16.8 Å². The number of halogens is 1. The van der Waals surface area contributed by atoms with Gasteiger partial charge in [-0.2, -0.15) is 0 Å². The number of hydrogen-bond donors (Lipinski definition) is 0. The Bertz CT molecular complexity index is 1290. The second-order valence-corrected chi connectivity index (χ2v) is 7.01. The van der Waals surface area contributed by atoms with Gasteiger partial charge in [0.15, 0.2) is 0 Å². The van der Waals surface area contributed by atoms with Crippen LogP contribution >= 0.6 is 11.6 Å². The van der Waals surface area contributed by atoms with Crippen LogP contribution in [0.4, 0.5) is 0 Å². The van der Waals surface area contributed by atoms with E-state index in [-0.39, 0.29) is 18.6 Å². The van der Waals surface area contributed by atoms with Gasteiger partial charge in [-0.15, -0.1) is 0 Å². The summed E-state index contributed by atoms with van der Waals surface area (Å²) in [5.74, 6) is 0.620. The van der Waals surface area contributed by atoms with Crippen molar-refractivity contribution in [3.8, 4) is 5.75 Å². The zero-order valence-corrected chi connectivity index (χ0v) is 16.5. The van der Waals surface area contributed by atoms with E-state index in [0.717, 1.165) is 11.1 Å². The molecule has 0 fully saturated rings. The van der Waals surface area contributed by atoms with Gasteiger partial charge < -0.3 is 4.74 Å². The first kappa shape index (κ1) is 19.0. The fourth-order valence-electron chi connectivity index (χ4n) is 3.31. The van der Waals surface area contributed by atoms with Crippen molar-refractivity contribution < 1.29 is 4.74 Å². The van der Waals surface area contributed by atoms with Crippen molar-refractivity contribution in [3.05, 3.63) is 104 Å². The van der Waals surface area contributed by atoms with Crippen molar-refractivity contribution in [1.82, 2.24) is 14.1 Å². The molecule has 4 rings (SSSR count). The summed E-state index contributed by atoms with van der Waals surface area (Å²) in [5, 5.41) is 1.00. The van der Waals surface area contributed by atoms with Crippen molar-refractivity contribution >= 4 is 22.6 Å². The molecular formula is C22H18ClN3O3. The summed E-state index contributed by atoms with van der Waals surface area (Å²) >= 11 is 5.97. The summed E-state index contributed by atoms with van der Waals surface area (Å²) in [7, 11) is 1.56. The molecule has 2 heterocycles. The number of pyridine rings is 1. The number of ether oxygens (including phenoxy) is 1. The van der Waals surface area contributed by atoms with E-state index >= 15 is 0 Å². The lowest BCUT2D eigenvalue weighted by atomic mass is 10.2. The second kappa shape index (κ2) is 7.93. The van der Waals surface area contributed by atoms with E-state index in [1.165, 1.54) is 9.13 Å². The zero-order chi connectivity index (χ0) is 20.4. The predicted octanol–water partition coefficient (Wildman–Crippen LogP) is 3.32. The summed E-state index contributed by atoms with van der Waals surface area (Å²) in [5.41, 5.74) is 1.17. The molecular weight excluding hydrogens is 390 g/mol. The fourth-order valence-corrected chi connectivity index (χ4v) is 3.43. The summed E-state index contributed by atoms with van der Waals surface area (Å²) in [4.78, 5) is 30.6. The Morgan fingerprint density at radius 1 is 0.931 bits per heavy atom. The maximum Gasteiger partial charge on any atom is 0.333 e. The monoisotopic (exact) mass is 407 g/mol. The van der Waals surface area contributed by atoms with E-state index in [9.17, 15) is 9.59 Å². The Morgan fingerprint density at radius 3 is 2.45 bits per heavy atom. The molecule has 6 nitrogen and oxygen atoms in total. The molecule has 146 valence electrons. The predicted molar refractivity (Wildman–Crippen MR) is 113 cm³/mol. The van der Waals surface area contributed by atoms with Gasteiger partial charge in [-0.1, -0.05) is 41.9 Å². The van der Waals surface area contributed by atoms with Gasteiger partial charge in [0.2, 0.25) is 0 Å². The standard InChI is InChI=1S/C22H18ClN3O3/c1-29-19-7-3-2-5-16(19)14-26-21(27)18-6-4-12-24-20(18)25(22(26)28)13-15-8-10-17(23)11-9-15/h2-12H,13-14H2,1H3. The molecule has 0 N–H and O–H groups in total. The molecule has 0 radical (unpaired) electrons. The smallest absolute Gasteiger partial charge is 0.333 e. The normalized spacial score (nSPS) is 11.0. The Morgan fingerprint density at radius 2 is 1.69 bits per heavy atom. The van der Waals surface area contributed by atoms with E-state index in [1.54, 1.807) is 43.6 Å². The van der Waals surface area contributed by atoms with E-state index in [1.807, 2.05) is 30.3 Å². The van der Waals surface area contributed by atoms with Gasteiger partial charge in [0.1, 0.15) is 11.4 Å². The van der Waals surface area contributed by atoms with Crippen LogP contribution in [-0.2, 0) is 13.1 Å². The molecule has 0 saturated carbocycles. The number of aromatic nitrogens is 3. The molecule has 4 aromatic rings. The Kier molecular flexibility index (Phi) is 5.18. The molecule has 2 aromatic heterocycles. The largest absolute Gasteiger partial charge is 0.496 e. The number of nitrogens with zero attached hydrogens (tertiary/aromatic N) is 3. The number of fused-ring (bicyclic) bond motifs is 1. The van der Waals surface area contributed by atoms with Crippen LogP contribution in [0.5, 0.6) is 5.75 Å². The van der Waals surface area contributed by atoms with Crippen molar-refractivity contribution in [2.75, 3.05) is 7.11 Å². The van der Waals surface area contributed by atoms with Gasteiger partial charge in [-0.3, -0.25) is 13.9 Å². The Labute approximate surface area is 171 Å². The third kappa shape index (κ3) is 3.67. The maximum atomic E-state index is 13.3. The number of hydrogen-bond acceptors (Lipinski definition) is 4. The lowest BCUT2D eigenvalue weighted by Crippen LogP contribution is -2.40. The van der Waals surface area contributed by atoms with Crippen LogP contribution in [0.15, 0.2) is 76.4 Å². The summed E-state index contributed by atoms with van der Waals surface area (Å²) in [6.07, 6.45) is 1.57. The van der Waals surface area contributed by atoms with Crippen molar-refractivity contribution in [1.29, 1.82) is 0 Å². The van der Waals surface area contributed by atoms with Crippen LogP contribution in [0.2, 0.25) is 5.02 Å². The first-order valence-electron chi connectivity index (χ1n) is 9.03. The Hall–Kier alpha value is -3.38. The summed E-state index contributed by atoms with van der Waals surface area (Å²) in [6, 6.07) is 17.9. The average Bonchev–Trinajstić information content (AvgIpc) is 2.75. The molecule has 29 heavy (non-hydrogen) atoms. The third-order valence-electron chi connectivity index (χ3n) is 4.75. The van der Waals surface area contributed by atoms with Crippen molar-refractivity contribution in [2.24, 2.45) is 0 Å². The molecule has 0 saturated heterocycles. The molecule has 0 unspecified atom stereocenters. The second-order valence-electron chi connectivity index (χ2n) is 6.57. The highest BCUT2D eigenvalue weighted by atomic mass is 35.5. The zero-order valence-electron chi connectivity index (χ0n) is 15.7. The van der Waals surface area contributed by atoms with E-state index in [4.69, 9.17) is 16.3 Å². The molecule has 0 amide bonds. The molecule has 0 aliphatic carbocycles. The van der Waals surface area contributed by atoms with Crippen LogP contribution in [0.3, 0.4) is 0 Å². The van der Waals surface area contributed by atoms with Gasteiger partial charge in [0.25, 0.3) is 5.56 Å². The number of methoxy groups -OCH3 is 1. The molecule has 0 atom stereocenters. The van der Waals surface area contributed by atoms with Gasteiger partial charge in [-0.05, 0) is 35.9 Å². The fraction of sp³-hybridized carbons (Fsp3) is 0.136. The van der Waals surface area contributed by atoms with Crippen molar-refractivity contribution in [2.45, 2.75) is 13.1 Å². The minimum Gasteiger partial charge on any atom is -0.496 e. The lowest BCUT2D eigenvalue weighted by molar-refractivity contribution is 0.407. The molecule has 0 bridgehead atoms. The summed E-state index contributed by atoms with van der Waals surface area (Å²) < 4.78 is 8.10. The number of benzene rings is 2. The first-order valence-corrected chi connectivity index (χ1v) is 9.41. The van der Waals surface area contributed by atoms with Crippen LogP contribution in [0.1, 0.15) is 11.1 Å². The average molecular weight is 408 g/mol. The topological polar surface area (TPSA) is 66.1 Å². The van der Waals surface area contributed by atoms with E-state index in [0.29, 0.717) is 21.8 Å². The SMILES string of the molecule is COc1ccccc1Cn1c(=O)c2cccnc2n(Cc2ccc(Cl)cc2)c1=O. The Balaban J connectivity index is 1.90. The first-order chi connectivity index (χ1) is 14.1. The summed E-state index contributed by atoms with van der Waals surface area (Å²) in [6.45, 7) is 0.378. The van der Waals surface area contributed by atoms with E-state index < -0.39 is 5.69 Å². The lowest BCUT2D eigenvalue weighted by Gasteiger charge is -2.15. The van der Waals surface area contributed by atoms with Gasteiger partial charge >= 0.3 is 5.69 Å². The number of para-hydroxylation sites is 1. The molecule has 2 aromatic carbocycles. The highest BCUT2D eigenvalue weighted by Gasteiger charge is 2.16. The minimum atomic E-state index is -0.429. The number of rotatable bonds is 5. The minimum absolute atomic E-state index is 0.104. The maximum absolute atomic E-state index is 13.3.